The average molecular weight is 266 g/mol. The van der Waals surface area contributed by atoms with Crippen molar-refractivity contribution in [2.45, 2.75) is 25.3 Å². The summed E-state index contributed by atoms with van der Waals surface area (Å²) in [7, 11) is 0. The van der Waals surface area contributed by atoms with Crippen LogP contribution >= 0.6 is 0 Å². The number of rotatable bonds is 4. The molecule has 2 nitrogen and oxygen atoms in total. The van der Waals surface area contributed by atoms with Gasteiger partial charge >= 0.3 is 0 Å². The first-order valence-electron chi connectivity index (χ1n) is 7.14. The van der Waals surface area contributed by atoms with Crippen LogP contribution < -0.4 is 5.32 Å². The smallest absolute Gasteiger partial charge is 0.128 e. The number of hydrogen-bond donors (Lipinski definition) is 1. The van der Waals surface area contributed by atoms with Gasteiger partial charge in [0.25, 0.3) is 0 Å². The Morgan fingerprint density at radius 3 is 2.63 bits per heavy atom. The molecular formula is C15H20F2N2. The molecule has 1 aromatic rings. The molecule has 0 bridgehead atoms. The zero-order chi connectivity index (χ0) is 13.2. The molecule has 104 valence electrons. The van der Waals surface area contributed by atoms with E-state index in [-0.39, 0.29) is 17.7 Å². The Morgan fingerprint density at radius 1 is 1.21 bits per heavy atom. The Kier molecular flexibility index (Phi) is 3.80. The summed E-state index contributed by atoms with van der Waals surface area (Å²) in [4.78, 5) is 2.30. The van der Waals surface area contributed by atoms with E-state index in [0.717, 1.165) is 32.6 Å². The van der Waals surface area contributed by atoms with Crippen LogP contribution in [-0.2, 0) is 0 Å². The van der Waals surface area contributed by atoms with E-state index in [2.05, 4.69) is 10.2 Å². The molecule has 4 heteroatoms. The summed E-state index contributed by atoms with van der Waals surface area (Å²) in [6, 6.07) is 3.87. The van der Waals surface area contributed by atoms with E-state index in [1.165, 1.54) is 31.0 Å². The third kappa shape index (κ3) is 3.12. The molecule has 19 heavy (non-hydrogen) atoms. The highest BCUT2D eigenvalue weighted by Crippen LogP contribution is 2.40. The van der Waals surface area contributed by atoms with Gasteiger partial charge < -0.3 is 5.32 Å². The fraction of sp³-hybridized carbons (Fsp3) is 0.600. The minimum Gasteiger partial charge on any atom is -0.314 e. The topological polar surface area (TPSA) is 15.3 Å². The standard InChI is InChI=1S/C15H20F2N2/c16-12-3-4-14(17)13(10-12)15(9-11-1-2-11)19-7-5-18-6-8-19/h3-4,10-11,15,18H,1-2,5-9H2/t15-/m0/s1. The lowest BCUT2D eigenvalue weighted by Gasteiger charge is -2.35. The van der Waals surface area contributed by atoms with Crippen LogP contribution in [0.1, 0.15) is 30.9 Å². The van der Waals surface area contributed by atoms with Gasteiger partial charge in [0, 0.05) is 37.8 Å². The van der Waals surface area contributed by atoms with E-state index >= 15 is 0 Å². The van der Waals surface area contributed by atoms with Crippen molar-refractivity contribution >= 4 is 0 Å². The Bertz CT molecular complexity index is 440. The molecule has 0 aromatic heterocycles. The van der Waals surface area contributed by atoms with Gasteiger partial charge in [0.1, 0.15) is 11.6 Å². The molecule has 2 aliphatic rings. The van der Waals surface area contributed by atoms with Crippen molar-refractivity contribution in [1.82, 2.24) is 10.2 Å². The molecule has 1 aromatic carbocycles. The molecule has 0 unspecified atom stereocenters. The van der Waals surface area contributed by atoms with Crippen LogP contribution in [0.15, 0.2) is 18.2 Å². The van der Waals surface area contributed by atoms with Crippen LogP contribution in [0.5, 0.6) is 0 Å². The maximum Gasteiger partial charge on any atom is 0.128 e. The first-order valence-corrected chi connectivity index (χ1v) is 7.14. The number of halogens is 2. The molecule has 1 N–H and O–H groups in total. The summed E-state index contributed by atoms with van der Waals surface area (Å²) in [5, 5.41) is 3.31. The Morgan fingerprint density at radius 2 is 1.95 bits per heavy atom. The number of hydrogen-bond acceptors (Lipinski definition) is 2. The van der Waals surface area contributed by atoms with Crippen LogP contribution in [-0.4, -0.2) is 31.1 Å². The van der Waals surface area contributed by atoms with Crippen LogP contribution in [0.4, 0.5) is 8.78 Å². The van der Waals surface area contributed by atoms with E-state index in [0.29, 0.717) is 11.5 Å². The minimum absolute atomic E-state index is 0.0327. The highest BCUT2D eigenvalue weighted by molar-refractivity contribution is 5.23. The molecule has 1 saturated carbocycles. The quantitative estimate of drug-likeness (QED) is 0.901. The molecule has 0 spiro atoms. The van der Waals surface area contributed by atoms with Crippen LogP contribution in [0.2, 0.25) is 0 Å². The first kappa shape index (κ1) is 13.0. The van der Waals surface area contributed by atoms with Gasteiger partial charge in [-0.05, 0) is 30.5 Å². The van der Waals surface area contributed by atoms with E-state index < -0.39 is 0 Å². The van der Waals surface area contributed by atoms with Crippen LogP contribution in [0.25, 0.3) is 0 Å². The second-order valence-electron chi connectivity index (χ2n) is 5.65. The SMILES string of the molecule is Fc1ccc(F)c([C@H](CC2CC2)N2CCNCC2)c1. The third-order valence-electron chi connectivity index (χ3n) is 4.16. The summed E-state index contributed by atoms with van der Waals surface area (Å²) in [5.41, 5.74) is 0.536. The van der Waals surface area contributed by atoms with Crippen molar-refractivity contribution in [2.75, 3.05) is 26.2 Å². The van der Waals surface area contributed by atoms with Gasteiger partial charge in [0.05, 0.1) is 0 Å². The Hall–Kier alpha value is -1.00. The summed E-state index contributed by atoms with van der Waals surface area (Å²) >= 11 is 0. The monoisotopic (exact) mass is 266 g/mol. The van der Waals surface area contributed by atoms with Crippen molar-refractivity contribution in [2.24, 2.45) is 5.92 Å². The van der Waals surface area contributed by atoms with Gasteiger partial charge in [0.2, 0.25) is 0 Å². The van der Waals surface area contributed by atoms with Gasteiger partial charge in [-0.1, -0.05) is 12.8 Å². The molecule has 1 aliphatic carbocycles. The zero-order valence-corrected chi connectivity index (χ0v) is 11.0. The summed E-state index contributed by atoms with van der Waals surface area (Å²) < 4.78 is 27.5. The maximum atomic E-state index is 14.0. The third-order valence-corrected chi connectivity index (χ3v) is 4.16. The fourth-order valence-corrected chi connectivity index (χ4v) is 2.91. The molecule has 1 atom stereocenters. The number of benzene rings is 1. The van der Waals surface area contributed by atoms with Crippen molar-refractivity contribution in [3.8, 4) is 0 Å². The van der Waals surface area contributed by atoms with Crippen molar-refractivity contribution < 1.29 is 8.78 Å². The van der Waals surface area contributed by atoms with Gasteiger partial charge in [-0.25, -0.2) is 8.78 Å². The molecule has 1 aliphatic heterocycles. The average Bonchev–Trinajstić information content (AvgIpc) is 3.24. The minimum atomic E-state index is -0.340. The molecule has 2 fully saturated rings. The Balaban J connectivity index is 1.85. The maximum absolute atomic E-state index is 14.0. The lowest BCUT2D eigenvalue weighted by molar-refractivity contribution is 0.157. The lowest BCUT2D eigenvalue weighted by Crippen LogP contribution is -2.45. The molecule has 1 saturated heterocycles. The van der Waals surface area contributed by atoms with Crippen LogP contribution in [0.3, 0.4) is 0 Å². The van der Waals surface area contributed by atoms with E-state index in [1.807, 2.05) is 0 Å². The van der Waals surface area contributed by atoms with Crippen LogP contribution in [0, 0.1) is 17.6 Å². The highest BCUT2D eigenvalue weighted by Gasteiger charge is 2.31. The molecule has 1 heterocycles. The number of nitrogens with zero attached hydrogens (tertiary/aromatic N) is 1. The summed E-state index contributed by atoms with van der Waals surface area (Å²) in [6.45, 7) is 3.68. The number of nitrogens with one attached hydrogen (secondary N) is 1. The van der Waals surface area contributed by atoms with E-state index in [1.54, 1.807) is 0 Å². The van der Waals surface area contributed by atoms with Crippen molar-refractivity contribution in [3.05, 3.63) is 35.4 Å². The van der Waals surface area contributed by atoms with Crippen molar-refractivity contribution in [3.63, 3.8) is 0 Å². The molecule has 3 rings (SSSR count). The first-order chi connectivity index (χ1) is 9.24. The molecule has 0 radical (unpaired) electrons. The molecular weight excluding hydrogens is 246 g/mol. The van der Waals surface area contributed by atoms with E-state index in [9.17, 15) is 8.78 Å². The second kappa shape index (κ2) is 5.55. The van der Waals surface area contributed by atoms with Gasteiger partial charge in [-0.15, -0.1) is 0 Å². The Labute approximate surface area is 112 Å². The normalized spacial score (nSPS) is 22.4. The van der Waals surface area contributed by atoms with Crippen molar-refractivity contribution in [1.29, 1.82) is 0 Å². The van der Waals surface area contributed by atoms with Gasteiger partial charge in [-0.3, -0.25) is 4.90 Å². The second-order valence-corrected chi connectivity index (χ2v) is 5.65. The zero-order valence-electron chi connectivity index (χ0n) is 11.0. The predicted octanol–water partition coefficient (Wildman–Crippen LogP) is 2.71. The van der Waals surface area contributed by atoms with E-state index in [4.69, 9.17) is 0 Å². The largest absolute Gasteiger partial charge is 0.314 e. The fourth-order valence-electron chi connectivity index (χ4n) is 2.91. The lowest BCUT2D eigenvalue weighted by atomic mass is 9.98. The molecule has 0 amide bonds. The van der Waals surface area contributed by atoms with Gasteiger partial charge in [0.15, 0.2) is 0 Å². The summed E-state index contributed by atoms with van der Waals surface area (Å²) in [6.07, 6.45) is 3.43. The van der Waals surface area contributed by atoms with Gasteiger partial charge in [-0.2, -0.15) is 0 Å². The summed E-state index contributed by atoms with van der Waals surface area (Å²) in [5.74, 6) is 0.0838. The predicted molar refractivity (Wildman–Crippen MR) is 70.9 cm³/mol. The highest BCUT2D eigenvalue weighted by atomic mass is 19.1. The number of piperazine rings is 1.